The third kappa shape index (κ3) is 9.02. The highest BCUT2D eigenvalue weighted by Gasteiger charge is 2.38. The maximum Gasteiger partial charge on any atom is 0.416 e. The van der Waals surface area contributed by atoms with Crippen molar-refractivity contribution in [2.24, 2.45) is 0 Å². The second kappa shape index (κ2) is 13.6. The molecule has 0 heterocycles. The number of nitrogens with one attached hydrogen (secondary N) is 2. The molecule has 0 aliphatic rings. The topological polar surface area (TPSA) is 50.4 Å². The van der Waals surface area contributed by atoms with Crippen molar-refractivity contribution in [3.8, 4) is 0 Å². The Kier molecular flexibility index (Phi) is 11.1. The Morgan fingerprint density at radius 1 is 0.947 bits per heavy atom. The first-order valence-electron chi connectivity index (χ1n) is 12.0. The molecular formula is C28H32F6N2O2. The molecule has 0 aliphatic carbocycles. The number of halogens is 6. The van der Waals surface area contributed by atoms with E-state index >= 15 is 0 Å². The van der Waals surface area contributed by atoms with Crippen LogP contribution in [0, 0.1) is 0 Å². The molecule has 1 amide bonds. The van der Waals surface area contributed by atoms with Gasteiger partial charge in [0.15, 0.2) is 0 Å². The highest BCUT2D eigenvalue weighted by atomic mass is 19.4. The molecule has 0 aromatic heterocycles. The average molecular weight is 543 g/mol. The van der Waals surface area contributed by atoms with Gasteiger partial charge in [0.1, 0.15) is 0 Å². The van der Waals surface area contributed by atoms with E-state index in [9.17, 15) is 31.1 Å². The largest absolute Gasteiger partial charge is 0.416 e. The van der Waals surface area contributed by atoms with E-state index in [1.165, 1.54) is 6.92 Å². The number of hydrogen-bond donors (Lipinski definition) is 2. The van der Waals surface area contributed by atoms with E-state index in [0.717, 1.165) is 12.0 Å². The zero-order valence-electron chi connectivity index (χ0n) is 21.1. The fourth-order valence-corrected chi connectivity index (χ4v) is 3.77. The molecular weight excluding hydrogens is 510 g/mol. The van der Waals surface area contributed by atoms with Crippen LogP contribution >= 0.6 is 0 Å². The van der Waals surface area contributed by atoms with Gasteiger partial charge in [0.25, 0.3) is 0 Å². The van der Waals surface area contributed by atoms with E-state index in [1.54, 1.807) is 42.5 Å². The lowest BCUT2D eigenvalue weighted by Gasteiger charge is -2.34. The summed E-state index contributed by atoms with van der Waals surface area (Å²) in [6, 6.07) is 10.4. The lowest BCUT2D eigenvalue weighted by Crippen LogP contribution is -2.47. The number of unbranched alkanes of at least 4 members (excludes halogenated alkanes) is 1. The first-order chi connectivity index (χ1) is 17.8. The first-order valence-corrected chi connectivity index (χ1v) is 12.0. The van der Waals surface area contributed by atoms with Gasteiger partial charge in [-0.15, -0.1) is 13.2 Å². The summed E-state index contributed by atoms with van der Waals surface area (Å²) in [4.78, 5) is 12.0. The van der Waals surface area contributed by atoms with Crippen LogP contribution < -0.4 is 10.6 Å². The Bertz CT molecular complexity index is 1040. The van der Waals surface area contributed by atoms with E-state index in [-0.39, 0.29) is 30.7 Å². The van der Waals surface area contributed by atoms with Crippen molar-refractivity contribution in [1.29, 1.82) is 0 Å². The number of ether oxygens (including phenoxy) is 1. The number of carbonyl (C=O) groups excluding carboxylic acids is 1. The molecule has 2 N–H and O–H groups in total. The van der Waals surface area contributed by atoms with Gasteiger partial charge >= 0.3 is 12.4 Å². The number of amides is 1. The van der Waals surface area contributed by atoms with E-state index in [1.807, 2.05) is 0 Å². The molecule has 0 unspecified atom stereocenters. The standard InChI is InChI=1S/C28H32F6N2O2/c1-4-6-8-13-25(37)35-14-15-36-26(5-2,22-11-9-7-10-12-22)19-38-20(3)21-16-23(27(29,30)31)18-24(17-21)28(32,33)34/h4-5,7,9-12,16-18,20,36H,1-2,6,8,13-15,19H2,3H3,(H,35,37)/t20-,26-/m1/s1. The van der Waals surface area contributed by atoms with Crippen molar-refractivity contribution in [3.63, 3.8) is 0 Å². The molecule has 2 atom stereocenters. The summed E-state index contributed by atoms with van der Waals surface area (Å²) < 4.78 is 85.7. The lowest BCUT2D eigenvalue weighted by molar-refractivity contribution is -0.143. The van der Waals surface area contributed by atoms with Gasteiger partial charge < -0.3 is 15.4 Å². The SMILES string of the molecule is C=CCCCC(=O)NCCN[C@](C=C)(CO[C@H](C)c1cc(C(F)(F)F)cc(C(F)(F)F)c1)c1ccccc1. The number of benzene rings is 2. The predicted octanol–water partition coefficient (Wildman–Crippen LogP) is 6.95. The van der Waals surface area contributed by atoms with Crippen molar-refractivity contribution >= 4 is 5.91 Å². The average Bonchev–Trinajstić information content (AvgIpc) is 2.87. The number of alkyl halides is 6. The minimum absolute atomic E-state index is 0.0848. The summed E-state index contributed by atoms with van der Waals surface area (Å²) in [6.45, 7) is 9.32. The normalized spacial score (nSPS) is 14.4. The van der Waals surface area contributed by atoms with Crippen molar-refractivity contribution in [2.75, 3.05) is 19.7 Å². The highest BCUT2D eigenvalue weighted by Crippen LogP contribution is 2.38. The fraction of sp³-hybridized carbons (Fsp3) is 0.393. The summed E-state index contributed by atoms with van der Waals surface area (Å²) in [7, 11) is 0. The van der Waals surface area contributed by atoms with Gasteiger partial charge in [-0.05, 0) is 49.1 Å². The Balaban J connectivity index is 2.21. The summed E-state index contributed by atoms with van der Waals surface area (Å²) >= 11 is 0. The molecule has 4 nitrogen and oxygen atoms in total. The fourth-order valence-electron chi connectivity index (χ4n) is 3.77. The lowest BCUT2D eigenvalue weighted by atomic mass is 9.90. The maximum atomic E-state index is 13.3. The Hall–Kier alpha value is -3.11. The minimum atomic E-state index is -4.96. The molecule has 0 aliphatic heterocycles. The van der Waals surface area contributed by atoms with Crippen molar-refractivity contribution in [3.05, 3.63) is 96.1 Å². The van der Waals surface area contributed by atoms with Crippen LogP contribution in [0.4, 0.5) is 26.3 Å². The summed E-state index contributed by atoms with van der Waals surface area (Å²) in [5.74, 6) is -0.118. The van der Waals surface area contributed by atoms with Gasteiger partial charge in [-0.25, -0.2) is 0 Å². The van der Waals surface area contributed by atoms with Gasteiger partial charge in [-0.2, -0.15) is 26.3 Å². The molecule has 10 heteroatoms. The molecule has 0 saturated heterocycles. The zero-order valence-corrected chi connectivity index (χ0v) is 21.1. The number of hydrogen-bond acceptors (Lipinski definition) is 3. The van der Waals surface area contributed by atoms with Crippen molar-refractivity contribution in [1.82, 2.24) is 10.6 Å². The highest BCUT2D eigenvalue weighted by molar-refractivity contribution is 5.75. The molecule has 0 fully saturated rings. The molecule has 0 saturated carbocycles. The number of rotatable bonds is 14. The van der Waals surface area contributed by atoms with Crippen LogP contribution in [-0.2, 0) is 27.4 Å². The summed E-state index contributed by atoms with van der Waals surface area (Å²) in [5, 5.41) is 6.06. The summed E-state index contributed by atoms with van der Waals surface area (Å²) in [6.07, 6.45) is -5.95. The quantitative estimate of drug-likeness (QED) is 0.154. The number of carbonyl (C=O) groups is 1. The van der Waals surface area contributed by atoms with Crippen molar-refractivity contribution in [2.45, 2.75) is 50.2 Å². The second-order valence-electron chi connectivity index (χ2n) is 8.79. The van der Waals surface area contributed by atoms with Crippen LogP contribution in [0.5, 0.6) is 0 Å². The minimum Gasteiger partial charge on any atom is -0.371 e. The van der Waals surface area contributed by atoms with Gasteiger partial charge in [-0.3, -0.25) is 4.79 Å². The van der Waals surface area contributed by atoms with Crippen molar-refractivity contribution < 1.29 is 35.9 Å². The van der Waals surface area contributed by atoms with E-state index in [2.05, 4.69) is 23.8 Å². The van der Waals surface area contributed by atoms with E-state index < -0.39 is 35.1 Å². The first kappa shape index (κ1) is 31.1. The molecule has 0 spiro atoms. The van der Waals surface area contributed by atoms with Crippen LogP contribution in [0.2, 0.25) is 0 Å². The van der Waals surface area contributed by atoms with Crippen LogP contribution in [0.1, 0.15) is 54.5 Å². The molecule has 0 bridgehead atoms. The molecule has 2 aromatic carbocycles. The zero-order chi connectivity index (χ0) is 28.4. The monoisotopic (exact) mass is 542 g/mol. The molecule has 2 aromatic rings. The van der Waals surface area contributed by atoms with Crippen LogP contribution in [0.15, 0.2) is 73.8 Å². The van der Waals surface area contributed by atoms with Gasteiger partial charge in [0.05, 0.1) is 29.4 Å². The van der Waals surface area contributed by atoms with E-state index in [4.69, 9.17) is 4.74 Å². The van der Waals surface area contributed by atoms with Gasteiger partial charge in [0.2, 0.25) is 5.91 Å². The second-order valence-corrected chi connectivity index (χ2v) is 8.79. The Morgan fingerprint density at radius 2 is 1.55 bits per heavy atom. The van der Waals surface area contributed by atoms with Crippen LogP contribution in [-0.4, -0.2) is 25.6 Å². The van der Waals surface area contributed by atoms with Crippen LogP contribution in [0.25, 0.3) is 0 Å². The van der Waals surface area contributed by atoms with Crippen LogP contribution in [0.3, 0.4) is 0 Å². The Morgan fingerprint density at radius 3 is 2.08 bits per heavy atom. The smallest absolute Gasteiger partial charge is 0.371 e. The molecule has 208 valence electrons. The molecule has 38 heavy (non-hydrogen) atoms. The number of allylic oxidation sites excluding steroid dienone is 1. The third-order valence-corrected chi connectivity index (χ3v) is 5.98. The molecule has 2 rings (SSSR count). The third-order valence-electron chi connectivity index (χ3n) is 5.98. The van der Waals surface area contributed by atoms with Gasteiger partial charge in [0, 0.05) is 19.5 Å². The maximum absolute atomic E-state index is 13.3. The van der Waals surface area contributed by atoms with Gasteiger partial charge in [-0.1, -0.05) is 42.5 Å². The predicted molar refractivity (Wildman–Crippen MR) is 134 cm³/mol. The Labute approximate surface area is 218 Å². The summed E-state index contributed by atoms with van der Waals surface area (Å²) in [5.41, 5.74) is -3.38. The molecule has 0 radical (unpaired) electrons. The van der Waals surface area contributed by atoms with E-state index in [0.29, 0.717) is 31.5 Å².